The molecule has 0 spiro atoms. The van der Waals surface area contributed by atoms with E-state index < -0.39 is 0 Å². The van der Waals surface area contributed by atoms with Crippen molar-refractivity contribution in [1.29, 1.82) is 0 Å². The van der Waals surface area contributed by atoms with Gasteiger partial charge in [0, 0.05) is 5.56 Å². The summed E-state index contributed by atoms with van der Waals surface area (Å²) in [5.74, 6) is 1.56. The number of nitrogens with one attached hydrogen (secondary N) is 1. The number of aryl methyl sites for hydroxylation is 1. The van der Waals surface area contributed by atoms with E-state index in [1.165, 1.54) is 18.4 Å². The predicted molar refractivity (Wildman–Crippen MR) is 99.5 cm³/mol. The molecular formula is C19H25NO2S. The fraction of sp³-hybridized carbons (Fsp3) is 0.316. The number of unbranched alkanes of at least 4 members (excludes halogenated alkanes) is 1. The summed E-state index contributed by atoms with van der Waals surface area (Å²) in [7, 11) is 1.89. The molecular weight excluding hydrogens is 306 g/mol. The quantitative estimate of drug-likeness (QED) is 0.564. The standard InChI is InChI=1S/C17H18O2.C2H7NS/c1-2-3-4-14-5-9-16(10-6-14)19-17-11-7-15(13-18)8-12-17;1-3-4-2/h5-13H,2-4H2,1H3;3H,1-2H3. The Hall–Kier alpha value is -1.78. The van der Waals surface area contributed by atoms with E-state index in [0.717, 1.165) is 24.2 Å². The Morgan fingerprint density at radius 3 is 2.00 bits per heavy atom. The molecule has 0 heterocycles. The number of ether oxygens (including phenoxy) is 1. The minimum Gasteiger partial charge on any atom is -0.457 e. The molecule has 2 aromatic carbocycles. The molecule has 1 N–H and O–H groups in total. The van der Waals surface area contributed by atoms with Crippen molar-refractivity contribution in [2.45, 2.75) is 26.2 Å². The van der Waals surface area contributed by atoms with Crippen LogP contribution in [-0.4, -0.2) is 19.6 Å². The average Bonchev–Trinajstić information content (AvgIpc) is 2.62. The third-order valence-electron chi connectivity index (χ3n) is 3.20. The van der Waals surface area contributed by atoms with Gasteiger partial charge < -0.3 is 4.74 Å². The Morgan fingerprint density at radius 2 is 1.57 bits per heavy atom. The molecule has 0 aliphatic heterocycles. The van der Waals surface area contributed by atoms with Crippen LogP contribution in [0.1, 0.15) is 35.7 Å². The minimum atomic E-state index is 0.655. The largest absolute Gasteiger partial charge is 0.457 e. The van der Waals surface area contributed by atoms with E-state index in [1.54, 1.807) is 36.2 Å². The average molecular weight is 331 g/mol. The van der Waals surface area contributed by atoms with Gasteiger partial charge in [0.25, 0.3) is 0 Å². The van der Waals surface area contributed by atoms with Gasteiger partial charge in [-0.25, -0.2) is 0 Å². The normalized spacial score (nSPS) is 9.70. The molecule has 0 saturated carbocycles. The lowest BCUT2D eigenvalue weighted by molar-refractivity contribution is 0.112. The summed E-state index contributed by atoms with van der Waals surface area (Å²) < 4.78 is 8.57. The second-order valence-corrected chi connectivity index (χ2v) is 5.76. The number of benzene rings is 2. The van der Waals surface area contributed by atoms with Crippen LogP contribution in [0.2, 0.25) is 0 Å². The van der Waals surface area contributed by atoms with Crippen LogP contribution in [0.4, 0.5) is 0 Å². The van der Waals surface area contributed by atoms with Crippen molar-refractivity contribution >= 4 is 18.2 Å². The smallest absolute Gasteiger partial charge is 0.150 e. The summed E-state index contributed by atoms with van der Waals surface area (Å²) in [6.07, 6.45) is 6.35. The molecule has 23 heavy (non-hydrogen) atoms. The van der Waals surface area contributed by atoms with Gasteiger partial charge in [-0.15, -0.1) is 0 Å². The van der Waals surface area contributed by atoms with Crippen LogP contribution in [-0.2, 0) is 6.42 Å². The summed E-state index contributed by atoms with van der Waals surface area (Å²) in [5, 5.41) is 0. The number of carbonyl (C=O) groups is 1. The third kappa shape index (κ3) is 7.86. The first-order valence-electron chi connectivity index (χ1n) is 7.75. The molecule has 2 rings (SSSR count). The lowest BCUT2D eigenvalue weighted by atomic mass is 10.1. The minimum absolute atomic E-state index is 0.655. The monoisotopic (exact) mass is 331 g/mol. The van der Waals surface area contributed by atoms with Crippen LogP contribution in [0.5, 0.6) is 11.5 Å². The highest BCUT2D eigenvalue weighted by molar-refractivity contribution is 7.96. The summed E-state index contributed by atoms with van der Waals surface area (Å²) in [4.78, 5) is 10.6. The van der Waals surface area contributed by atoms with Crippen molar-refractivity contribution in [2.24, 2.45) is 0 Å². The van der Waals surface area contributed by atoms with E-state index in [1.807, 2.05) is 25.4 Å². The van der Waals surface area contributed by atoms with Gasteiger partial charge in [0.2, 0.25) is 0 Å². The topological polar surface area (TPSA) is 38.3 Å². The molecule has 0 radical (unpaired) electrons. The van der Waals surface area contributed by atoms with Gasteiger partial charge >= 0.3 is 0 Å². The van der Waals surface area contributed by atoms with Crippen molar-refractivity contribution < 1.29 is 9.53 Å². The highest BCUT2D eigenvalue weighted by Crippen LogP contribution is 2.22. The van der Waals surface area contributed by atoms with E-state index in [2.05, 4.69) is 23.8 Å². The highest BCUT2D eigenvalue weighted by Gasteiger charge is 1.98. The van der Waals surface area contributed by atoms with Gasteiger partial charge in [-0.2, -0.15) is 0 Å². The highest BCUT2D eigenvalue weighted by atomic mass is 32.2. The van der Waals surface area contributed by atoms with E-state index in [0.29, 0.717) is 5.56 Å². The zero-order valence-electron chi connectivity index (χ0n) is 14.0. The summed E-state index contributed by atoms with van der Waals surface area (Å²) in [5.41, 5.74) is 1.99. The lowest BCUT2D eigenvalue weighted by Crippen LogP contribution is -1.87. The molecule has 4 heteroatoms. The Morgan fingerprint density at radius 1 is 1.04 bits per heavy atom. The van der Waals surface area contributed by atoms with Crippen LogP contribution in [0.3, 0.4) is 0 Å². The molecule has 0 unspecified atom stereocenters. The molecule has 124 valence electrons. The number of rotatable bonds is 7. The van der Waals surface area contributed by atoms with E-state index >= 15 is 0 Å². The molecule has 0 saturated heterocycles. The zero-order chi connectivity index (χ0) is 16.9. The van der Waals surface area contributed by atoms with Gasteiger partial charge in [-0.3, -0.25) is 9.52 Å². The first-order chi connectivity index (χ1) is 11.2. The number of carbonyl (C=O) groups excluding carboxylic acids is 1. The van der Waals surface area contributed by atoms with Crippen LogP contribution in [0, 0.1) is 0 Å². The van der Waals surface area contributed by atoms with Gasteiger partial charge in [0.15, 0.2) is 0 Å². The van der Waals surface area contributed by atoms with Crippen molar-refractivity contribution in [3.05, 3.63) is 59.7 Å². The predicted octanol–water partition coefficient (Wildman–Crippen LogP) is 5.12. The van der Waals surface area contributed by atoms with Crippen LogP contribution in [0.15, 0.2) is 48.5 Å². The van der Waals surface area contributed by atoms with Gasteiger partial charge in [0.05, 0.1) is 0 Å². The number of hydrogen-bond acceptors (Lipinski definition) is 4. The van der Waals surface area contributed by atoms with Crippen molar-refractivity contribution in [3.63, 3.8) is 0 Å². The van der Waals surface area contributed by atoms with E-state index in [9.17, 15) is 4.79 Å². The van der Waals surface area contributed by atoms with Crippen molar-refractivity contribution in [1.82, 2.24) is 4.72 Å². The summed E-state index contributed by atoms with van der Waals surface area (Å²) in [6.45, 7) is 2.19. The van der Waals surface area contributed by atoms with E-state index in [-0.39, 0.29) is 0 Å². The maximum Gasteiger partial charge on any atom is 0.150 e. The molecule has 0 aliphatic carbocycles. The molecule has 2 aromatic rings. The molecule has 0 aromatic heterocycles. The molecule has 0 atom stereocenters. The Balaban J connectivity index is 0.000000593. The second-order valence-electron chi connectivity index (χ2n) is 4.94. The number of aldehydes is 1. The van der Waals surface area contributed by atoms with Gasteiger partial charge in [-0.1, -0.05) is 37.4 Å². The first-order valence-corrected chi connectivity index (χ1v) is 8.97. The molecule has 0 fully saturated rings. The SMILES string of the molecule is CCCCc1ccc(Oc2ccc(C=O)cc2)cc1.CNSC. The van der Waals surface area contributed by atoms with Crippen LogP contribution in [0.25, 0.3) is 0 Å². The van der Waals surface area contributed by atoms with Gasteiger partial charge in [-0.05, 0) is 68.1 Å². The Bertz CT molecular complexity index is 551. The Kier molecular flexibility index (Phi) is 9.84. The Labute approximate surface area is 143 Å². The summed E-state index contributed by atoms with van der Waals surface area (Å²) in [6, 6.07) is 15.3. The molecule has 0 bridgehead atoms. The lowest BCUT2D eigenvalue weighted by Gasteiger charge is -2.07. The molecule has 3 nitrogen and oxygen atoms in total. The zero-order valence-corrected chi connectivity index (χ0v) is 14.9. The van der Waals surface area contributed by atoms with Crippen LogP contribution >= 0.6 is 11.9 Å². The number of hydrogen-bond donors (Lipinski definition) is 1. The third-order valence-corrected chi connectivity index (χ3v) is 3.61. The maximum atomic E-state index is 10.6. The molecule has 0 aliphatic rings. The van der Waals surface area contributed by atoms with Crippen LogP contribution < -0.4 is 9.46 Å². The summed E-state index contributed by atoms with van der Waals surface area (Å²) >= 11 is 1.61. The fourth-order valence-electron chi connectivity index (χ4n) is 1.86. The van der Waals surface area contributed by atoms with Crippen molar-refractivity contribution in [2.75, 3.05) is 13.3 Å². The van der Waals surface area contributed by atoms with E-state index in [4.69, 9.17) is 4.74 Å². The van der Waals surface area contributed by atoms with Crippen molar-refractivity contribution in [3.8, 4) is 11.5 Å². The second kappa shape index (κ2) is 11.7. The van der Waals surface area contributed by atoms with Gasteiger partial charge in [0.1, 0.15) is 17.8 Å². The molecule has 0 amide bonds. The fourth-order valence-corrected chi connectivity index (χ4v) is 1.86. The first kappa shape index (κ1) is 19.3. The maximum absolute atomic E-state index is 10.6.